The highest BCUT2D eigenvalue weighted by Gasteiger charge is 2.34. The highest BCUT2D eigenvalue weighted by atomic mass is 35.5. The predicted molar refractivity (Wildman–Crippen MR) is 60.8 cm³/mol. The number of hydrogen-bond donors (Lipinski definition) is 1. The Hall–Kier alpha value is -0.540. The summed E-state index contributed by atoms with van der Waals surface area (Å²) in [5.41, 5.74) is -0.461. The van der Waals surface area contributed by atoms with E-state index in [1.807, 2.05) is 13.8 Å². The van der Waals surface area contributed by atoms with Gasteiger partial charge in [0.15, 0.2) is 0 Å². The Bertz CT molecular complexity index is 257. The Kier molecular flexibility index (Phi) is 4.17. The van der Waals surface area contributed by atoms with Gasteiger partial charge in [0, 0.05) is 5.92 Å². The van der Waals surface area contributed by atoms with Gasteiger partial charge in [-0.3, -0.25) is 0 Å². The average Bonchev–Trinajstić information content (AvgIpc) is 2.18. The van der Waals surface area contributed by atoms with E-state index < -0.39 is 11.6 Å². The summed E-state index contributed by atoms with van der Waals surface area (Å²) in [5, 5.41) is 3.22. The summed E-state index contributed by atoms with van der Waals surface area (Å²) in [5.74, 6) is -0.126. The zero-order valence-corrected chi connectivity index (χ0v) is 10.1. The highest BCUT2D eigenvalue weighted by molar-refractivity contribution is 6.40. The van der Waals surface area contributed by atoms with Gasteiger partial charge in [-0.05, 0) is 39.8 Å². The quantitative estimate of drug-likeness (QED) is 0.597. The number of ether oxygens (including phenoxy) is 1. The largest absolute Gasteiger partial charge is 0.455 e. The van der Waals surface area contributed by atoms with Crippen LogP contribution < -0.4 is 5.32 Å². The van der Waals surface area contributed by atoms with Crippen LogP contribution in [0.4, 0.5) is 0 Å². The Balaban J connectivity index is 2.56. The van der Waals surface area contributed by atoms with Crippen molar-refractivity contribution in [2.45, 2.75) is 32.3 Å². The molecule has 1 rings (SSSR count). The second-order valence-electron chi connectivity index (χ2n) is 4.42. The van der Waals surface area contributed by atoms with Gasteiger partial charge < -0.3 is 10.1 Å². The van der Waals surface area contributed by atoms with Crippen LogP contribution in [0.2, 0.25) is 0 Å². The minimum Gasteiger partial charge on any atom is -0.455 e. The van der Waals surface area contributed by atoms with E-state index in [1.165, 1.54) is 0 Å². The smallest absolute Gasteiger partial charge is 0.349 e. The lowest BCUT2D eigenvalue weighted by molar-refractivity contribution is -0.156. The maximum Gasteiger partial charge on any atom is 0.349 e. The molecule has 86 valence electrons. The van der Waals surface area contributed by atoms with Gasteiger partial charge in [-0.15, -0.1) is 0 Å². The third-order valence-corrected chi connectivity index (χ3v) is 3.05. The van der Waals surface area contributed by atoms with Crippen LogP contribution in [0.5, 0.6) is 0 Å². The van der Waals surface area contributed by atoms with Crippen LogP contribution >= 0.6 is 11.6 Å². The summed E-state index contributed by atoms with van der Waals surface area (Å²) in [6.07, 6.45) is 2.05. The highest BCUT2D eigenvalue weighted by Crippen LogP contribution is 2.29. The van der Waals surface area contributed by atoms with Crippen molar-refractivity contribution in [3.8, 4) is 0 Å². The molecule has 0 spiro atoms. The molecule has 3 nitrogen and oxygen atoms in total. The Morgan fingerprint density at radius 2 is 2.00 bits per heavy atom. The molecule has 0 amide bonds. The molecule has 0 atom stereocenters. The average molecular weight is 232 g/mol. The number of carbonyl (C=O) groups is 1. The molecule has 1 saturated heterocycles. The summed E-state index contributed by atoms with van der Waals surface area (Å²) in [7, 11) is 0. The monoisotopic (exact) mass is 231 g/mol. The second-order valence-corrected chi connectivity index (χ2v) is 4.88. The first-order chi connectivity index (χ1) is 6.93. The number of hydrogen-bond acceptors (Lipinski definition) is 3. The molecular formula is C11H18ClNO2. The first kappa shape index (κ1) is 12.5. The topological polar surface area (TPSA) is 38.3 Å². The van der Waals surface area contributed by atoms with E-state index in [0.29, 0.717) is 5.92 Å². The molecule has 15 heavy (non-hydrogen) atoms. The molecule has 1 heterocycles. The van der Waals surface area contributed by atoms with Gasteiger partial charge in [0.25, 0.3) is 0 Å². The van der Waals surface area contributed by atoms with Gasteiger partial charge in [0.1, 0.15) is 10.6 Å². The lowest BCUT2D eigenvalue weighted by Crippen LogP contribution is -2.42. The molecule has 0 aromatic heterocycles. The van der Waals surface area contributed by atoms with Gasteiger partial charge >= 0.3 is 5.97 Å². The molecule has 4 heteroatoms. The van der Waals surface area contributed by atoms with Crippen molar-refractivity contribution in [1.29, 1.82) is 0 Å². The van der Waals surface area contributed by atoms with Crippen LogP contribution in [0, 0.1) is 5.92 Å². The number of rotatable bonds is 3. The molecule has 1 aliphatic rings. The second kappa shape index (κ2) is 4.99. The molecular weight excluding hydrogens is 214 g/mol. The van der Waals surface area contributed by atoms with Crippen LogP contribution in [0.25, 0.3) is 0 Å². The van der Waals surface area contributed by atoms with Gasteiger partial charge in [0.05, 0.1) is 0 Å². The normalized spacial score (nSPS) is 18.6. The number of piperidine rings is 1. The maximum absolute atomic E-state index is 11.3. The minimum atomic E-state index is -0.514. The van der Waals surface area contributed by atoms with Crippen molar-refractivity contribution in [1.82, 2.24) is 5.32 Å². The molecule has 0 radical (unpaired) electrons. The molecule has 0 bridgehead atoms. The summed E-state index contributed by atoms with van der Waals surface area (Å²) in [6, 6.07) is 0. The van der Waals surface area contributed by atoms with Crippen LogP contribution in [-0.2, 0) is 9.53 Å². The standard InChI is InChI=1S/C11H18ClNO2/c1-8(12)10(14)15-11(2,3)9-4-6-13-7-5-9/h9,13H,1,4-7H2,2-3H3. The van der Waals surface area contributed by atoms with E-state index in [1.54, 1.807) is 0 Å². The van der Waals surface area contributed by atoms with E-state index in [4.69, 9.17) is 16.3 Å². The Labute approximate surface area is 95.8 Å². The van der Waals surface area contributed by atoms with Crippen LogP contribution in [0.3, 0.4) is 0 Å². The van der Waals surface area contributed by atoms with Crippen LogP contribution in [-0.4, -0.2) is 24.7 Å². The molecule has 0 unspecified atom stereocenters. The third kappa shape index (κ3) is 3.50. The van der Waals surface area contributed by atoms with E-state index in [-0.39, 0.29) is 5.03 Å². The van der Waals surface area contributed by atoms with Gasteiger partial charge in [-0.2, -0.15) is 0 Å². The summed E-state index contributed by atoms with van der Waals surface area (Å²) < 4.78 is 5.34. The van der Waals surface area contributed by atoms with Gasteiger partial charge in [0.2, 0.25) is 0 Å². The molecule has 0 aromatic carbocycles. The van der Waals surface area contributed by atoms with Crippen molar-refractivity contribution in [2.75, 3.05) is 13.1 Å². The van der Waals surface area contributed by atoms with E-state index in [2.05, 4.69) is 11.9 Å². The fraction of sp³-hybridized carbons (Fsp3) is 0.727. The molecule has 1 N–H and O–H groups in total. The maximum atomic E-state index is 11.3. The predicted octanol–water partition coefficient (Wildman–Crippen LogP) is 2.06. The minimum absolute atomic E-state index is 0.0583. The van der Waals surface area contributed by atoms with Crippen molar-refractivity contribution in [2.24, 2.45) is 5.92 Å². The van der Waals surface area contributed by atoms with Gasteiger partial charge in [-0.25, -0.2) is 4.79 Å². The lowest BCUT2D eigenvalue weighted by Gasteiger charge is -2.36. The fourth-order valence-electron chi connectivity index (χ4n) is 1.89. The zero-order valence-electron chi connectivity index (χ0n) is 9.31. The Morgan fingerprint density at radius 3 is 2.47 bits per heavy atom. The van der Waals surface area contributed by atoms with Gasteiger partial charge in [-0.1, -0.05) is 18.2 Å². The summed E-state index contributed by atoms with van der Waals surface area (Å²) in [6.45, 7) is 9.18. The Morgan fingerprint density at radius 1 is 1.47 bits per heavy atom. The van der Waals surface area contributed by atoms with Crippen molar-refractivity contribution in [3.05, 3.63) is 11.6 Å². The number of esters is 1. The molecule has 1 aliphatic heterocycles. The van der Waals surface area contributed by atoms with Crippen molar-refractivity contribution in [3.63, 3.8) is 0 Å². The van der Waals surface area contributed by atoms with Crippen LogP contribution in [0.1, 0.15) is 26.7 Å². The number of nitrogens with one attached hydrogen (secondary N) is 1. The molecule has 0 aromatic rings. The van der Waals surface area contributed by atoms with E-state index in [0.717, 1.165) is 25.9 Å². The van der Waals surface area contributed by atoms with Crippen LogP contribution in [0.15, 0.2) is 11.6 Å². The molecule has 0 saturated carbocycles. The van der Waals surface area contributed by atoms with E-state index in [9.17, 15) is 4.79 Å². The first-order valence-corrected chi connectivity index (χ1v) is 5.60. The fourth-order valence-corrected chi connectivity index (χ4v) is 1.93. The van der Waals surface area contributed by atoms with Crippen molar-refractivity contribution < 1.29 is 9.53 Å². The van der Waals surface area contributed by atoms with Crippen molar-refractivity contribution >= 4 is 17.6 Å². The number of carbonyl (C=O) groups excluding carboxylic acids is 1. The molecule has 0 aliphatic carbocycles. The summed E-state index contributed by atoms with van der Waals surface area (Å²) in [4.78, 5) is 11.3. The number of halogens is 1. The molecule has 1 fully saturated rings. The van der Waals surface area contributed by atoms with E-state index >= 15 is 0 Å². The first-order valence-electron chi connectivity index (χ1n) is 5.22. The summed E-state index contributed by atoms with van der Waals surface area (Å²) >= 11 is 5.49. The third-order valence-electron chi connectivity index (χ3n) is 2.90. The zero-order chi connectivity index (χ0) is 11.5. The lowest BCUT2D eigenvalue weighted by atomic mass is 9.83. The SMILES string of the molecule is C=C(Cl)C(=O)OC(C)(C)C1CCNCC1.